The van der Waals surface area contributed by atoms with E-state index in [1.165, 1.54) is 24.1 Å². The molecule has 2 fully saturated rings. The molecule has 1 N–H and O–H groups in total. The van der Waals surface area contributed by atoms with E-state index in [0.717, 1.165) is 43.5 Å². The van der Waals surface area contributed by atoms with Crippen molar-refractivity contribution in [2.75, 3.05) is 18.6 Å². The highest BCUT2D eigenvalue weighted by Gasteiger charge is 2.54. The first-order valence-corrected chi connectivity index (χ1v) is 16.4. The number of nitrogens with zero attached hydrogens (tertiary/aromatic N) is 3. The first-order valence-electron chi connectivity index (χ1n) is 14.5. The van der Waals surface area contributed by atoms with Crippen LogP contribution >= 0.6 is 46.6 Å². The number of methoxy groups -OCH3 is 1. The Balaban J connectivity index is 1.45. The van der Waals surface area contributed by atoms with E-state index in [-0.39, 0.29) is 44.1 Å². The number of aromatic nitrogens is 1. The number of piperidine rings is 1. The fraction of sp³-hybridized carbons (Fsp3) is 0.375. The van der Waals surface area contributed by atoms with Gasteiger partial charge in [-0.2, -0.15) is 14.0 Å². The zero-order chi connectivity index (χ0) is 33.1. The average Bonchev–Trinajstić information content (AvgIpc) is 3.68. The van der Waals surface area contributed by atoms with E-state index in [1.807, 2.05) is 13.0 Å². The van der Waals surface area contributed by atoms with Gasteiger partial charge in [0.25, 0.3) is 11.5 Å². The minimum Gasteiger partial charge on any atom is -0.494 e. The number of H-pyrrole nitrogens is 1. The Morgan fingerprint density at radius 3 is 2.52 bits per heavy atom. The van der Waals surface area contributed by atoms with Crippen LogP contribution < -0.4 is 15.2 Å². The minimum absolute atomic E-state index is 0.00463. The largest absolute Gasteiger partial charge is 0.494 e. The molecule has 3 aliphatic rings. The monoisotopic (exact) mass is 706 g/mol. The SMILES string of the molecule is COc1c(N2CCCC3(CC3)C2=O)cc2c(c1C)C(CC#N)N(C(=O)c1c(Sc3c(Cl)cccc3Cl)cc(C(F)(F)Cl)[nH]c1=O)C2. The van der Waals surface area contributed by atoms with Gasteiger partial charge in [0.05, 0.1) is 41.4 Å². The van der Waals surface area contributed by atoms with Crippen molar-refractivity contribution in [1.82, 2.24) is 9.88 Å². The molecule has 8 nitrogen and oxygen atoms in total. The van der Waals surface area contributed by atoms with Crippen molar-refractivity contribution in [2.24, 2.45) is 5.41 Å². The molecule has 1 saturated carbocycles. The van der Waals surface area contributed by atoms with Crippen molar-refractivity contribution in [3.63, 3.8) is 0 Å². The minimum atomic E-state index is -3.94. The number of amides is 2. The van der Waals surface area contributed by atoms with Gasteiger partial charge in [-0.3, -0.25) is 14.4 Å². The Morgan fingerprint density at radius 2 is 1.91 bits per heavy atom. The van der Waals surface area contributed by atoms with Crippen LogP contribution in [0.25, 0.3) is 0 Å². The first-order chi connectivity index (χ1) is 21.8. The highest BCUT2D eigenvalue weighted by atomic mass is 35.5. The van der Waals surface area contributed by atoms with Crippen molar-refractivity contribution < 1.29 is 23.1 Å². The molecule has 0 bridgehead atoms. The molecule has 1 spiro atoms. The van der Waals surface area contributed by atoms with E-state index >= 15 is 0 Å². The molecular weight excluding hydrogens is 681 g/mol. The lowest BCUT2D eigenvalue weighted by atomic mass is 9.91. The Kier molecular flexibility index (Phi) is 8.55. The Morgan fingerprint density at radius 1 is 1.22 bits per heavy atom. The number of halogens is 5. The topological polar surface area (TPSA) is 106 Å². The van der Waals surface area contributed by atoms with Gasteiger partial charge in [-0.15, -0.1) is 0 Å². The molecule has 1 saturated heterocycles. The molecule has 1 unspecified atom stereocenters. The maximum atomic E-state index is 14.4. The Labute approximate surface area is 282 Å². The fourth-order valence-corrected chi connectivity index (χ4v) is 8.34. The standard InChI is InChI=1S/C32H27Cl3F2N4O4S/c1-16-24-17(13-21(26(16)45-2)40-12-4-8-31(9-10-31)30(40)44)15-41(20(24)7-11-38)29(43)25-22(14-23(32(35,36)37)39-28(25)42)46-27-18(33)5-3-6-19(27)34/h3,5-6,13-14,20H,4,7-10,12,15H2,1-2H3,(H,39,42). The molecule has 1 aliphatic carbocycles. The number of benzene rings is 2. The van der Waals surface area contributed by atoms with Gasteiger partial charge < -0.3 is 19.5 Å². The second kappa shape index (κ2) is 12.1. The van der Waals surface area contributed by atoms with Gasteiger partial charge >= 0.3 is 5.38 Å². The molecule has 14 heteroatoms. The first kappa shape index (κ1) is 32.6. The van der Waals surface area contributed by atoms with E-state index in [9.17, 15) is 28.4 Å². The average molecular weight is 708 g/mol. The number of carbonyl (C=O) groups is 2. The summed E-state index contributed by atoms with van der Waals surface area (Å²) in [6.45, 7) is 2.33. The third-order valence-electron chi connectivity index (χ3n) is 8.96. The summed E-state index contributed by atoms with van der Waals surface area (Å²) >= 11 is 18.8. The summed E-state index contributed by atoms with van der Waals surface area (Å²) in [6.07, 6.45) is 3.28. The Hall–Kier alpha value is -3.30. The molecule has 1 aromatic heterocycles. The van der Waals surface area contributed by atoms with Crippen LogP contribution in [0, 0.1) is 23.7 Å². The number of nitriles is 1. The number of alkyl halides is 3. The molecule has 2 aromatic carbocycles. The van der Waals surface area contributed by atoms with Crippen LogP contribution in [0.4, 0.5) is 14.5 Å². The predicted octanol–water partition coefficient (Wildman–Crippen LogP) is 7.96. The summed E-state index contributed by atoms with van der Waals surface area (Å²) in [5, 5.41) is 6.24. The molecule has 46 heavy (non-hydrogen) atoms. The predicted molar refractivity (Wildman–Crippen MR) is 171 cm³/mol. The number of hydrogen-bond donors (Lipinski definition) is 1. The summed E-state index contributed by atoms with van der Waals surface area (Å²) in [4.78, 5) is 46.6. The fourth-order valence-electron chi connectivity index (χ4n) is 6.60. The summed E-state index contributed by atoms with van der Waals surface area (Å²) in [6, 6.07) is 8.74. The quantitative estimate of drug-likeness (QED) is 0.250. The van der Waals surface area contributed by atoms with Gasteiger partial charge in [0.15, 0.2) is 0 Å². The zero-order valence-electron chi connectivity index (χ0n) is 24.7. The summed E-state index contributed by atoms with van der Waals surface area (Å²) in [5.74, 6) is -0.268. The summed E-state index contributed by atoms with van der Waals surface area (Å²) in [5.41, 5.74) is -0.152. The molecule has 0 radical (unpaired) electrons. The van der Waals surface area contributed by atoms with Gasteiger partial charge in [-0.25, -0.2) is 0 Å². The van der Waals surface area contributed by atoms with Gasteiger partial charge in [0, 0.05) is 28.3 Å². The summed E-state index contributed by atoms with van der Waals surface area (Å²) in [7, 11) is 1.51. The number of anilines is 1. The number of ether oxygens (including phenoxy) is 1. The number of rotatable bonds is 7. The van der Waals surface area contributed by atoms with Crippen LogP contribution in [0.3, 0.4) is 0 Å². The van der Waals surface area contributed by atoms with E-state index in [0.29, 0.717) is 34.7 Å². The van der Waals surface area contributed by atoms with E-state index < -0.39 is 34.1 Å². The number of aromatic amines is 1. The van der Waals surface area contributed by atoms with E-state index in [4.69, 9.17) is 39.5 Å². The highest BCUT2D eigenvalue weighted by Crippen LogP contribution is 2.55. The third-order valence-corrected chi connectivity index (χ3v) is 11.2. The maximum Gasteiger partial charge on any atom is 0.362 e. The second-order valence-electron chi connectivity index (χ2n) is 11.7. The molecule has 3 aromatic rings. The van der Waals surface area contributed by atoms with Crippen molar-refractivity contribution in [3.8, 4) is 11.8 Å². The molecular formula is C32H27Cl3F2N4O4S. The lowest BCUT2D eigenvalue weighted by Crippen LogP contribution is -2.42. The lowest BCUT2D eigenvalue weighted by molar-refractivity contribution is -0.125. The molecule has 3 heterocycles. The summed E-state index contributed by atoms with van der Waals surface area (Å²) < 4.78 is 34.3. The van der Waals surface area contributed by atoms with E-state index in [2.05, 4.69) is 11.1 Å². The highest BCUT2D eigenvalue weighted by molar-refractivity contribution is 7.99. The normalized spacial score (nSPS) is 18.5. The smallest absolute Gasteiger partial charge is 0.362 e. The van der Waals surface area contributed by atoms with Crippen LogP contribution in [-0.2, 0) is 16.7 Å². The lowest BCUT2D eigenvalue weighted by Gasteiger charge is -2.34. The van der Waals surface area contributed by atoms with Gasteiger partial charge in [0.1, 0.15) is 17.0 Å². The second-order valence-corrected chi connectivity index (χ2v) is 14.0. The van der Waals surface area contributed by atoms with Crippen molar-refractivity contribution in [2.45, 2.75) is 66.8 Å². The van der Waals surface area contributed by atoms with Gasteiger partial charge in [-0.05, 0) is 85.2 Å². The maximum absolute atomic E-state index is 14.4. The van der Waals surface area contributed by atoms with Crippen LogP contribution in [0.2, 0.25) is 10.0 Å². The van der Waals surface area contributed by atoms with Gasteiger partial charge in [-0.1, -0.05) is 41.0 Å². The molecule has 240 valence electrons. The number of nitrogens with one attached hydrogen (secondary N) is 1. The molecule has 2 aliphatic heterocycles. The van der Waals surface area contributed by atoms with Crippen molar-refractivity contribution in [3.05, 3.63) is 78.7 Å². The number of pyridine rings is 1. The third kappa shape index (κ3) is 5.53. The Bertz CT molecular complexity index is 1870. The van der Waals surface area contributed by atoms with Crippen molar-refractivity contribution >= 4 is 64.1 Å². The van der Waals surface area contributed by atoms with Crippen LogP contribution in [0.1, 0.15) is 70.9 Å². The van der Waals surface area contributed by atoms with Crippen LogP contribution in [0.15, 0.2) is 44.9 Å². The van der Waals surface area contributed by atoms with E-state index in [1.54, 1.807) is 11.0 Å². The van der Waals surface area contributed by atoms with Crippen LogP contribution in [-0.4, -0.2) is 35.4 Å². The zero-order valence-corrected chi connectivity index (χ0v) is 27.8. The molecule has 6 rings (SSSR count). The number of carbonyl (C=O) groups excluding carboxylic acids is 2. The number of fused-ring (bicyclic) bond motifs is 1. The number of hydrogen-bond acceptors (Lipinski definition) is 6. The molecule has 2 amide bonds. The molecule has 1 atom stereocenters. The van der Waals surface area contributed by atoms with Gasteiger partial charge in [0.2, 0.25) is 5.91 Å². The van der Waals surface area contributed by atoms with Crippen LogP contribution in [0.5, 0.6) is 5.75 Å². The van der Waals surface area contributed by atoms with Crippen molar-refractivity contribution in [1.29, 1.82) is 5.26 Å².